The lowest BCUT2D eigenvalue weighted by molar-refractivity contribution is -0.131. The summed E-state index contributed by atoms with van der Waals surface area (Å²) < 4.78 is 1.21. The second-order valence-corrected chi connectivity index (χ2v) is 4.25. The average Bonchev–Trinajstić information content (AvgIpc) is 2.49. The molecule has 0 atom stereocenters. The molecule has 0 aromatic carbocycles. The van der Waals surface area contributed by atoms with Gasteiger partial charge in [-0.15, -0.1) is 23.1 Å². The highest BCUT2D eigenvalue weighted by atomic mass is 32.2. The monoisotopic (exact) mass is 200 g/mol. The molecule has 2 nitrogen and oxygen atoms in total. The van der Waals surface area contributed by atoms with Crippen LogP contribution >= 0.6 is 23.1 Å². The van der Waals surface area contributed by atoms with E-state index in [1.807, 2.05) is 17.5 Å². The minimum Gasteiger partial charge on any atom is -0.478 e. The molecule has 0 saturated carbocycles. The highest BCUT2D eigenvalue weighted by Crippen LogP contribution is 2.22. The third-order valence-electron chi connectivity index (χ3n) is 1.08. The van der Waals surface area contributed by atoms with Crippen LogP contribution < -0.4 is 0 Å². The first kappa shape index (κ1) is 9.35. The number of carboxylic acids is 1. The van der Waals surface area contributed by atoms with Crippen LogP contribution in [0.2, 0.25) is 0 Å². The zero-order valence-corrected chi connectivity index (χ0v) is 7.90. The molecule has 4 heteroatoms. The van der Waals surface area contributed by atoms with Crippen LogP contribution in [0.4, 0.5) is 0 Å². The molecule has 0 radical (unpaired) electrons. The minimum atomic E-state index is -0.887. The van der Waals surface area contributed by atoms with Gasteiger partial charge < -0.3 is 5.11 Å². The van der Waals surface area contributed by atoms with Crippen LogP contribution in [0.3, 0.4) is 0 Å². The Morgan fingerprint density at radius 3 is 3.17 bits per heavy atom. The molecule has 0 aliphatic heterocycles. The SMILES string of the molecule is O=C(O)C=CCSc1cccs1. The number of carboxylic acid groups (broad SMARTS) is 1. The summed E-state index contributed by atoms with van der Waals surface area (Å²) in [6.07, 6.45) is 2.81. The molecule has 0 aliphatic rings. The Morgan fingerprint density at radius 2 is 2.58 bits per heavy atom. The Kier molecular flexibility index (Phi) is 3.90. The summed E-state index contributed by atoms with van der Waals surface area (Å²) in [5, 5.41) is 10.3. The van der Waals surface area contributed by atoms with Gasteiger partial charge in [0.1, 0.15) is 0 Å². The van der Waals surface area contributed by atoms with E-state index < -0.39 is 5.97 Å². The number of carbonyl (C=O) groups is 1. The van der Waals surface area contributed by atoms with Crippen molar-refractivity contribution in [1.82, 2.24) is 0 Å². The predicted octanol–water partition coefficient (Wildman–Crippen LogP) is 2.48. The summed E-state index contributed by atoms with van der Waals surface area (Å²) in [7, 11) is 0. The molecule has 1 rings (SSSR count). The van der Waals surface area contributed by atoms with Gasteiger partial charge in [0.15, 0.2) is 0 Å². The molecule has 0 aliphatic carbocycles. The molecule has 1 aromatic heterocycles. The third-order valence-corrected chi connectivity index (χ3v) is 3.16. The fourth-order valence-electron chi connectivity index (χ4n) is 0.625. The van der Waals surface area contributed by atoms with Gasteiger partial charge in [-0.25, -0.2) is 4.79 Å². The van der Waals surface area contributed by atoms with Crippen molar-refractivity contribution < 1.29 is 9.90 Å². The lowest BCUT2D eigenvalue weighted by Crippen LogP contribution is -1.85. The van der Waals surface area contributed by atoms with Gasteiger partial charge in [0.05, 0.1) is 4.21 Å². The van der Waals surface area contributed by atoms with E-state index in [9.17, 15) is 4.79 Å². The summed E-state index contributed by atoms with van der Waals surface area (Å²) in [6, 6.07) is 4.00. The van der Waals surface area contributed by atoms with Gasteiger partial charge in [-0.2, -0.15) is 0 Å². The summed E-state index contributed by atoms with van der Waals surface area (Å²) in [5.74, 6) is -0.172. The molecule has 0 saturated heterocycles. The quantitative estimate of drug-likeness (QED) is 0.599. The van der Waals surface area contributed by atoms with Crippen molar-refractivity contribution in [2.45, 2.75) is 4.21 Å². The molecule has 1 N–H and O–H groups in total. The highest BCUT2D eigenvalue weighted by Gasteiger charge is 1.91. The molecule has 0 spiro atoms. The lowest BCUT2D eigenvalue weighted by atomic mass is 10.5. The zero-order chi connectivity index (χ0) is 8.81. The van der Waals surface area contributed by atoms with E-state index in [1.165, 1.54) is 10.3 Å². The van der Waals surface area contributed by atoms with Crippen molar-refractivity contribution in [3.63, 3.8) is 0 Å². The van der Waals surface area contributed by atoms with Crippen LogP contribution in [0.1, 0.15) is 0 Å². The Morgan fingerprint density at radius 1 is 1.75 bits per heavy atom. The average molecular weight is 200 g/mol. The Hall–Kier alpha value is -0.740. The Labute approximate surface area is 78.9 Å². The summed E-state index contributed by atoms with van der Waals surface area (Å²) >= 11 is 3.30. The minimum absolute atomic E-state index is 0.715. The first-order chi connectivity index (χ1) is 5.79. The van der Waals surface area contributed by atoms with Gasteiger partial charge in [0, 0.05) is 11.8 Å². The second-order valence-electron chi connectivity index (χ2n) is 1.98. The van der Waals surface area contributed by atoms with Crippen LogP contribution in [0.15, 0.2) is 33.9 Å². The van der Waals surface area contributed by atoms with Crippen LogP contribution in [-0.2, 0) is 4.79 Å². The van der Waals surface area contributed by atoms with Crippen molar-refractivity contribution in [3.8, 4) is 0 Å². The smallest absolute Gasteiger partial charge is 0.328 e. The van der Waals surface area contributed by atoms with E-state index >= 15 is 0 Å². The molecular formula is C8H8O2S2. The third kappa shape index (κ3) is 3.59. The topological polar surface area (TPSA) is 37.3 Å². The van der Waals surface area contributed by atoms with Crippen molar-refractivity contribution in [1.29, 1.82) is 0 Å². The fourth-order valence-corrected chi connectivity index (χ4v) is 2.25. The lowest BCUT2D eigenvalue weighted by Gasteiger charge is -1.89. The van der Waals surface area contributed by atoms with E-state index in [1.54, 1.807) is 29.2 Å². The number of rotatable bonds is 4. The van der Waals surface area contributed by atoms with Gasteiger partial charge >= 0.3 is 5.97 Å². The van der Waals surface area contributed by atoms with E-state index in [0.29, 0.717) is 5.75 Å². The van der Waals surface area contributed by atoms with Crippen LogP contribution in [0.25, 0.3) is 0 Å². The molecule has 12 heavy (non-hydrogen) atoms. The van der Waals surface area contributed by atoms with E-state index in [-0.39, 0.29) is 0 Å². The molecule has 1 aromatic rings. The van der Waals surface area contributed by atoms with Crippen molar-refractivity contribution in [2.24, 2.45) is 0 Å². The molecule has 0 bridgehead atoms. The largest absolute Gasteiger partial charge is 0.478 e. The predicted molar refractivity (Wildman–Crippen MR) is 51.8 cm³/mol. The first-order valence-electron chi connectivity index (χ1n) is 3.35. The Balaban J connectivity index is 2.23. The van der Waals surface area contributed by atoms with Crippen molar-refractivity contribution in [2.75, 3.05) is 5.75 Å². The molecule has 0 amide bonds. The van der Waals surface area contributed by atoms with Crippen LogP contribution in [0, 0.1) is 0 Å². The standard InChI is InChI=1S/C8H8O2S2/c9-7(10)3-1-5-11-8-4-2-6-12-8/h1-4,6H,5H2,(H,9,10). The number of aliphatic carboxylic acids is 1. The molecule has 0 unspecified atom stereocenters. The summed E-state index contributed by atoms with van der Waals surface area (Å²) in [6.45, 7) is 0. The summed E-state index contributed by atoms with van der Waals surface area (Å²) in [5.41, 5.74) is 0. The number of thiophene rings is 1. The van der Waals surface area contributed by atoms with Crippen LogP contribution in [0.5, 0.6) is 0 Å². The number of hydrogen-bond donors (Lipinski definition) is 1. The van der Waals surface area contributed by atoms with Gasteiger partial charge in [-0.1, -0.05) is 12.1 Å². The van der Waals surface area contributed by atoms with Gasteiger partial charge in [0.2, 0.25) is 0 Å². The zero-order valence-electron chi connectivity index (χ0n) is 6.27. The normalized spacial score (nSPS) is 10.7. The maximum absolute atomic E-state index is 10.1. The van der Waals surface area contributed by atoms with Gasteiger partial charge in [0.25, 0.3) is 0 Å². The number of hydrogen-bond acceptors (Lipinski definition) is 3. The van der Waals surface area contributed by atoms with Crippen molar-refractivity contribution >= 4 is 29.1 Å². The van der Waals surface area contributed by atoms with Crippen LogP contribution in [-0.4, -0.2) is 16.8 Å². The first-order valence-corrected chi connectivity index (χ1v) is 5.21. The maximum Gasteiger partial charge on any atom is 0.328 e. The van der Waals surface area contributed by atoms with Gasteiger partial charge in [-0.05, 0) is 11.4 Å². The number of thioether (sulfide) groups is 1. The highest BCUT2D eigenvalue weighted by molar-refractivity contribution is 8.01. The van der Waals surface area contributed by atoms with E-state index in [2.05, 4.69) is 0 Å². The molecule has 64 valence electrons. The van der Waals surface area contributed by atoms with Gasteiger partial charge in [-0.3, -0.25) is 0 Å². The van der Waals surface area contributed by atoms with E-state index in [4.69, 9.17) is 5.11 Å². The summed E-state index contributed by atoms with van der Waals surface area (Å²) in [4.78, 5) is 10.1. The maximum atomic E-state index is 10.1. The van der Waals surface area contributed by atoms with Crippen molar-refractivity contribution in [3.05, 3.63) is 29.7 Å². The van der Waals surface area contributed by atoms with E-state index in [0.717, 1.165) is 0 Å². The molecule has 1 heterocycles. The second kappa shape index (κ2) is 5.00. The Bertz CT molecular complexity index is 265. The molecule has 0 fully saturated rings. The molecular weight excluding hydrogens is 192 g/mol. The fraction of sp³-hybridized carbons (Fsp3) is 0.125.